The standard InChI is InChI=1S/C19H19N3O2/c1-12-13(2)22-17-10-15(8-9-16(17)21-12)19(24)20-11-18(23)14-6-4-3-5-7-14/h3-10,18,23H,11H2,1-2H3,(H,20,24)/t18-/m0/s1. The Bertz CT molecular complexity index is 878. The fourth-order valence-corrected chi connectivity index (χ4v) is 2.46. The van der Waals surface area contributed by atoms with E-state index in [4.69, 9.17) is 0 Å². The summed E-state index contributed by atoms with van der Waals surface area (Å²) < 4.78 is 0. The molecular formula is C19H19N3O2. The lowest BCUT2D eigenvalue weighted by Crippen LogP contribution is -2.28. The lowest BCUT2D eigenvalue weighted by atomic mass is 10.1. The number of benzene rings is 2. The van der Waals surface area contributed by atoms with Crippen LogP contribution in [0.5, 0.6) is 0 Å². The molecule has 0 saturated heterocycles. The van der Waals surface area contributed by atoms with Gasteiger partial charge < -0.3 is 10.4 Å². The second kappa shape index (κ2) is 6.76. The molecule has 5 heteroatoms. The van der Waals surface area contributed by atoms with E-state index in [1.807, 2.05) is 44.2 Å². The number of nitrogens with one attached hydrogen (secondary N) is 1. The number of rotatable bonds is 4. The van der Waals surface area contributed by atoms with E-state index in [1.165, 1.54) is 0 Å². The number of carbonyl (C=O) groups excluding carboxylic acids is 1. The molecule has 0 aliphatic rings. The zero-order chi connectivity index (χ0) is 17.1. The Labute approximate surface area is 140 Å². The first-order valence-corrected chi connectivity index (χ1v) is 7.81. The van der Waals surface area contributed by atoms with Crippen LogP contribution in [0.4, 0.5) is 0 Å². The van der Waals surface area contributed by atoms with Gasteiger partial charge in [-0.15, -0.1) is 0 Å². The van der Waals surface area contributed by atoms with Crippen LogP contribution in [-0.4, -0.2) is 27.5 Å². The van der Waals surface area contributed by atoms with Crippen LogP contribution in [0.2, 0.25) is 0 Å². The summed E-state index contributed by atoms with van der Waals surface area (Å²) in [5.41, 5.74) is 4.45. The number of nitrogens with zero attached hydrogens (tertiary/aromatic N) is 2. The first-order valence-electron chi connectivity index (χ1n) is 7.81. The van der Waals surface area contributed by atoms with Crippen LogP contribution < -0.4 is 5.32 Å². The van der Waals surface area contributed by atoms with Gasteiger partial charge in [-0.05, 0) is 37.6 Å². The maximum absolute atomic E-state index is 12.3. The van der Waals surface area contributed by atoms with E-state index in [0.717, 1.165) is 22.5 Å². The van der Waals surface area contributed by atoms with Crippen LogP contribution >= 0.6 is 0 Å². The van der Waals surface area contributed by atoms with Gasteiger partial charge in [0.1, 0.15) is 0 Å². The molecule has 0 aliphatic carbocycles. The summed E-state index contributed by atoms with van der Waals surface area (Å²) in [6, 6.07) is 14.5. The van der Waals surface area contributed by atoms with E-state index in [1.54, 1.807) is 18.2 Å². The molecule has 0 fully saturated rings. The van der Waals surface area contributed by atoms with E-state index in [-0.39, 0.29) is 12.5 Å². The Morgan fingerprint density at radius 1 is 1.04 bits per heavy atom. The lowest BCUT2D eigenvalue weighted by molar-refractivity contribution is 0.0916. The van der Waals surface area contributed by atoms with Gasteiger partial charge in [-0.1, -0.05) is 30.3 Å². The summed E-state index contributed by atoms with van der Waals surface area (Å²) >= 11 is 0. The quantitative estimate of drug-likeness (QED) is 0.775. The molecule has 3 aromatic rings. The molecule has 1 heterocycles. The van der Waals surface area contributed by atoms with Crippen molar-refractivity contribution in [1.29, 1.82) is 0 Å². The summed E-state index contributed by atoms with van der Waals surface area (Å²) in [6.07, 6.45) is -0.736. The molecule has 0 unspecified atom stereocenters. The second-order valence-electron chi connectivity index (χ2n) is 5.73. The van der Waals surface area contributed by atoms with E-state index >= 15 is 0 Å². The summed E-state index contributed by atoms with van der Waals surface area (Å²) in [7, 11) is 0. The van der Waals surface area contributed by atoms with Crippen molar-refractivity contribution in [1.82, 2.24) is 15.3 Å². The van der Waals surface area contributed by atoms with Gasteiger partial charge in [-0.3, -0.25) is 4.79 Å². The summed E-state index contributed by atoms with van der Waals surface area (Å²) in [5, 5.41) is 12.9. The molecule has 24 heavy (non-hydrogen) atoms. The van der Waals surface area contributed by atoms with Crippen LogP contribution in [0, 0.1) is 13.8 Å². The molecule has 3 rings (SSSR count). The average molecular weight is 321 g/mol. The highest BCUT2D eigenvalue weighted by Gasteiger charge is 2.12. The molecule has 2 N–H and O–H groups in total. The third-order valence-electron chi connectivity index (χ3n) is 3.98. The number of hydrogen-bond donors (Lipinski definition) is 2. The number of carbonyl (C=O) groups is 1. The summed E-state index contributed by atoms with van der Waals surface area (Å²) in [4.78, 5) is 21.2. The Kier molecular flexibility index (Phi) is 4.53. The van der Waals surface area contributed by atoms with Crippen molar-refractivity contribution in [3.05, 3.63) is 71.0 Å². The van der Waals surface area contributed by atoms with Crippen LogP contribution in [0.15, 0.2) is 48.5 Å². The van der Waals surface area contributed by atoms with Gasteiger partial charge in [0, 0.05) is 12.1 Å². The maximum atomic E-state index is 12.3. The molecule has 0 bridgehead atoms. The zero-order valence-electron chi connectivity index (χ0n) is 13.7. The summed E-state index contributed by atoms with van der Waals surface area (Å²) in [5.74, 6) is -0.244. The van der Waals surface area contributed by atoms with E-state index < -0.39 is 6.10 Å². The van der Waals surface area contributed by atoms with Crippen molar-refractivity contribution < 1.29 is 9.90 Å². The fraction of sp³-hybridized carbons (Fsp3) is 0.211. The van der Waals surface area contributed by atoms with Crippen LogP contribution in [-0.2, 0) is 0 Å². The van der Waals surface area contributed by atoms with Crippen molar-refractivity contribution in [2.45, 2.75) is 20.0 Å². The fourth-order valence-electron chi connectivity index (χ4n) is 2.46. The van der Waals surface area contributed by atoms with E-state index in [2.05, 4.69) is 15.3 Å². The molecule has 1 aromatic heterocycles. The second-order valence-corrected chi connectivity index (χ2v) is 5.73. The Morgan fingerprint density at radius 2 is 1.71 bits per heavy atom. The SMILES string of the molecule is Cc1nc2ccc(C(=O)NC[C@H](O)c3ccccc3)cc2nc1C. The van der Waals surface area contributed by atoms with E-state index in [9.17, 15) is 9.90 Å². The Morgan fingerprint density at radius 3 is 2.42 bits per heavy atom. The van der Waals surface area contributed by atoms with Gasteiger partial charge in [-0.2, -0.15) is 0 Å². The topological polar surface area (TPSA) is 75.1 Å². The van der Waals surface area contributed by atoms with Crippen LogP contribution in [0.25, 0.3) is 11.0 Å². The predicted octanol–water partition coefficient (Wildman–Crippen LogP) is 2.71. The predicted molar refractivity (Wildman–Crippen MR) is 92.7 cm³/mol. The molecule has 0 aliphatic heterocycles. The molecule has 122 valence electrons. The summed E-state index contributed by atoms with van der Waals surface area (Å²) in [6.45, 7) is 3.96. The highest BCUT2D eigenvalue weighted by atomic mass is 16.3. The minimum absolute atomic E-state index is 0.152. The van der Waals surface area contributed by atoms with Crippen LogP contribution in [0.1, 0.15) is 33.4 Å². The smallest absolute Gasteiger partial charge is 0.251 e. The van der Waals surface area contributed by atoms with Gasteiger partial charge in [0.05, 0.1) is 28.5 Å². The number of aliphatic hydroxyl groups excluding tert-OH is 1. The van der Waals surface area contributed by atoms with Gasteiger partial charge in [-0.25, -0.2) is 9.97 Å². The highest BCUT2D eigenvalue weighted by Crippen LogP contribution is 2.15. The van der Waals surface area contributed by atoms with Crippen molar-refractivity contribution in [3.8, 4) is 0 Å². The molecule has 1 amide bonds. The molecular weight excluding hydrogens is 302 g/mol. The van der Waals surface area contributed by atoms with Gasteiger partial charge in [0.15, 0.2) is 0 Å². The van der Waals surface area contributed by atoms with Crippen molar-refractivity contribution in [2.75, 3.05) is 6.54 Å². The number of fused-ring (bicyclic) bond motifs is 1. The molecule has 0 radical (unpaired) electrons. The van der Waals surface area contributed by atoms with Crippen molar-refractivity contribution >= 4 is 16.9 Å². The minimum Gasteiger partial charge on any atom is -0.387 e. The average Bonchev–Trinajstić information content (AvgIpc) is 2.60. The molecule has 2 aromatic carbocycles. The van der Waals surface area contributed by atoms with Crippen molar-refractivity contribution in [3.63, 3.8) is 0 Å². The van der Waals surface area contributed by atoms with Gasteiger partial charge >= 0.3 is 0 Å². The number of aryl methyl sites for hydroxylation is 2. The first kappa shape index (κ1) is 16.1. The Balaban J connectivity index is 1.73. The normalized spacial score (nSPS) is 12.1. The van der Waals surface area contributed by atoms with Crippen LogP contribution in [0.3, 0.4) is 0 Å². The maximum Gasteiger partial charge on any atom is 0.251 e. The number of hydrogen-bond acceptors (Lipinski definition) is 4. The first-order chi connectivity index (χ1) is 11.5. The van der Waals surface area contributed by atoms with E-state index in [0.29, 0.717) is 11.1 Å². The molecule has 1 atom stereocenters. The van der Waals surface area contributed by atoms with Gasteiger partial charge in [0.2, 0.25) is 0 Å². The number of amides is 1. The third-order valence-corrected chi connectivity index (χ3v) is 3.98. The van der Waals surface area contributed by atoms with Gasteiger partial charge in [0.25, 0.3) is 5.91 Å². The minimum atomic E-state index is -0.736. The highest BCUT2D eigenvalue weighted by molar-refractivity contribution is 5.97. The number of aliphatic hydroxyl groups is 1. The lowest BCUT2D eigenvalue weighted by Gasteiger charge is -2.12. The zero-order valence-corrected chi connectivity index (χ0v) is 13.7. The Hall–Kier alpha value is -2.79. The van der Waals surface area contributed by atoms with Crippen molar-refractivity contribution in [2.24, 2.45) is 0 Å². The number of aromatic nitrogens is 2. The monoisotopic (exact) mass is 321 g/mol. The molecule has 5 nitrogen and oxygen atoms in total. The third kappa shape index (κ3) is 3.41. The molecule has 0 saturated carbocycles. The molecule has 0 spiro atoms. The largest absolute Gasteiger partial charge is 0.387 e.